The van der Waals surface area contributed by atoms with Crippen LogP contribution in [0.15, 0.2) is 36.9 Å². The Morgan fingerprint density at radius 3 is 2.50 bits per heavy atom. The summed E-state index contributed by atoms with van der Waals surface area (Å²) in [6, 6.07) is 6.05. The highest BCUT2D eigenvalue weighted by molar-refractivity contribution is 5.69. The summed E-state index contributed by atoms with van der Waals surface area (Å²) in [5, 5.41) is 19.2. The SMILES string of the molecule is C=CCN(CC(=O)O)Cc1ccc([N+](=O)[O-])cc1. The average molecular weight is 250 g/mol. The standard InChI is InChI=1S/C12H14N2O4/c1-2-7-13(9-12(15)16)8-10-3-5-11(6-4-10)14(17)18/h2-6H,1,7-9H2,(H,15,16). The first-order valence-corrected chi connectivity index (χ1v) is 5.31. The summed E-state index contributed by atoms with van der Waals surface area (Å²) in [4.78, 5) is 22.3. The van der Waals surface area contributed by atoms with Crippen molar-refractivity contribution in [2.75, 3.05) is 13.1 Å². The zero-order valence-electron chi connectivity index (χ0n) is 9.78. The van der Waals surface area contributed by atoms with Crippen LogP contribution in [-0.2, 0) is 11.3 Å². The van der Waals surface area contributed by atoms with Crippen LogP contribution < -0.4 is 0 Å². The number of non-ortho nitro benzene ring substituents is 1. The average Bonchev–Trinajstić information content (AvgIpc) is 2.29. The Morgan fingerprint density at radius 1 is 1.44 bits per heavy atom. The topological polar surface area (TPSA) is 83.7 Å². The highest BCUT2D eigenvalue weighted by Crippen LogP contribution is 2.13. The normalized spacial score (nSPS) is 10.3. The van der Waals surface area contributed by atoms with E-state index in [9.17, 15) is 14.9 Å². The van der Waals surface area contributed by atoms with E-state index in [1.807, 2.05) is 0 Å². The Hall–Kier alpha value is -2.21. The van der Waals surface area contributed by atoms with Crippen LogP contribution in [0.25, 0.3) is 0 Å². The van der Waals surface area contributed by atoms with Crippen molar-refractivity contribution < 1.29 is 14.8 Å². The van der Waals surface area contributed by atoms with Gasteiger partial charge in [-0.2, -0.15) is 0 Å². The molecule has 6 heteroatoms. The largest absolute Gasteiger partial charge is 0.480 e. The van der Waals surface area contributed by atoms with Crippen LogP contribution in [0, 0.1) is 10.1 Å². The molecule has 1 aromatic rings. The third-order valence-corrected chi connectivity index (χ3v) is 2.30. The minimum absolute atomic E-state index is 0.0206. The zero-order chi connectivity index (χ0) is 13.5. The van der Waals surface area contributed by atoms with Crippen molar-refractivity contribution in [3.63, 3.8) is 0 Å². The minimum Gasteiger partial charge on any atom is -0.480 e. The van der Waals surface area contributed by atoms with Gasteiger partial charge in [0.2, 0.25) is 0 Å². The van der Waals surface area contributed by atoms with Gasteiger partial charge in [0, 0.05) is 25.2 Å². The molecule has 6 nitrogen and oxygen atoms in total. The molecule has 0 unspecified atom stereocenters. The van der Waals surface area contributed by atoms with Gasteiger partial charge in [0.15, 0.2) is 0 Å². The van der Waals surface area contributed by atoms with Crippen LogP contribution in [-0.4, -0.2) is 34.0 Å². The van der Waals surface area contributed by atoms with E-state index in [0.29, 0.717) is 13.1 Å². The van der Waals surface area contributed by atoms with Crippen LogP contribution in [0.4, 0.5) is 5.69 Å². The molecule has 0 amide bonds. The lowest BCUT2D eigenvalue weighted by atomic mass is 10.2. The summed E-state index contributed by atoms with van der Waals surface area (Å²) < 4.78 is 0. The van der Waals surface area contributed by atoms with Crippen LogP contribution in [0.1, 0.15) is 5.56 Å². The van der Waals surface area contributed by atoms with Gasteiger partial charge >= 0.3 is 5.97 Å². The van der Waals surface area contributed by atoms with Gasteiger partial charge in [-0.1, -0.05) is 18.2 Å². The number of carboxylic acid groups (broad SMARTS) is 1. The smallest absolute Gasteiger partial charge is 0.317 e. The molecule has 18 heavy (non-hydrogen) atoms. The zero-order valence-corrected chi connectivity index (χ0v) is 9.78. The van der Waals surface area contributed by atoms with E-state index in [0.717, 1.165) is 5.56 Å². The van der Waals surface area contributed by atoms with Gasteiger partial charge in [-0.05, 0) is 5.56 Å². The van der Waals surface area contributed by atoms with Gasteiger partial charge < -0.3 is 5.11 Å². The molecule has 0 aliphatic carbocycles. The molecule has 0 bridgehead atoms. The second-order valence-corrected chi connectivity index (χ2v) is 3.78. The first-order chi connectivity index (χ1) is 8.52. The number of hydrogen-bond donors (Lipinski definition) is 1. The first-order valence-electron chi connectivity index (χ1n) is 5.31. The van der Waals surface area contributed by atoms with Crippen molar-refractivity contribution >= 4 is 11.7 Å². The third-order valence-electron chi connectivity index (χ3n) is 2.30. The van der Waals surface area contributed by atoms with E-state index in [-0.39, 0.29) is 12.2 Å². The molecule has 1 aromatic carbocycles. The highest BCUT2D eigenvalue weighted by Gasteiger charge is 2.10. The lowest BCUT2D eigenvalue weighted by molar-refractivity contribution is -0.384. The summed E-state index contributed by atoms with van der Waals surface area (Å²) in [5.74, 6) is -0.918. The lowest BCUT2D eigenvalue weighted by Gasteiger charge is -2.18. The van der Waals surface area contributed by atoms with E-state index in [1.165, 1.54) is 12.1 Å². The molecule has 0 fully saturated rings. The minimum atomic E-state index is -0.918. The molecule has 0 aromatic heterocycles. The molecule has 0 spiro atoms. The quantitative estimate of drug-likeness (QED) is 0.452. The molecule has 0 atom stereocenters. The number of carbonyl (C=O) groups is 1. The molecule has 0 saturated heterocycles. The van der Waals surface area contributed by atoms with Gasteiger partial charge in [0.25, 0.3) is 5.69 Å². The van der Waals surface area contributed by atoms with Crippen molar-refractivity contribution in [3.05, 3.63) is 52.6 Å². The lowest BCUT2D eigenvalue weighted by Crippen LogP contribution is -2.29. The predicted molar refractivity (Wildman–Crippen MR) is 66.2 cm³/mol. The van der Waals surface area contributed by atoms with Crippen LogP contribution in [0.3, 0.4) is 0 Å². The molecular weight excluding hydrogens is 236 g/mol. The van der Waals surface area contributed by atoms with Crippen molar-refractivity contribution in [1.82, 2.24) is 4.90 Å². The molecule has 0 aliphatic heterocycles. The molecule has 0 saturated carbocycles. The number of rotatable bonds is 7. The number of nitro benzene ring substituents is 1. The van der Waals surface area contributed by atoms with Gasteiger partial charge in [-0.15, -0.1) is 6.58 Å². The fourth-order valence-corrected chi connectivity index (χ4v) is 1.54. The van der Waals surface area contributed by atoms with Gasteiger partial charge in [-0.25, -0.2) is 0 Å². The molecule has 96 valence electrons. The number of nitro groups is 1. The number of nitrogens with zero attached hydrogens (tertiary/aromatic N) is 2. The monoisotopic (exact) mass is 250 g/mol. The van der Waals surface area contributed by atoms with Gasteiger partial charge in [-0.3, -0.25) is 19.8 Å². The van der Waals surface area contributed by atoms with Gasteiger partial charge in [0.05, 0.1) is 11.5 Å². The Labute approximate surface area is 104 Å². The van der Waals surface area contributed by atoms with Crippen LogP contribution in [0.5, 0.6) is 0 Å². The predicted octanol–water partition coefficient (Wildman–Crippen LogP) is 1.67. The van der Waals surface area contributed by atoms with Crippen LogP contribution >= 0.6 is 0 Å². The Balaban J connectivity index is 2.71. The molecule has 1 rings (SSSR count). The van der Waals surface area contributed by atoms with Crippen molar-refractivity contribution in [2.45, 2.75) is 6.54 Å². The molecule has 0 aliphatic rings. The maximum atomic E-state index is 10.7. The fourth-order valence-electron chi connectivity index (χ4n) is 1.54. The maximum Gasteiger partial charge on any atom is 0.317 e. The van der Waals surface area contributed by atoms with E-state index in [1.54, 1.807) is 23.1 Å². The van der Waals surface area contributed by atoms with Crippen molar-refractivity contribution in [1.29, 1.82) is 0 Å². The Kier molecular flexibility index (Phi) is 5.01. The fraction of sp³-hybridized carbons (Fsp3) is 0.250. The third kappa shape index (κ3) is 4.34. The van der Waals surface area contributed by atoms with E-state index in [2.05, 4.69) is 6.58 Å². The Morgan fingerprint density at radius 2 is 2.06 bits per heavy atom. The molecule has 1 N–H and O–H groups in total. The Bertz CT molecular complexity index is 442. The van der Waals surface area contributed by atoms with Crippen molar-refractivity contribution in [2.24, 2.45) is 0 Å². The van der Waals surface area contributed by atoms with Crippen molar-refractivity contribution in [3.8, 4) is 0 Å². The van der Waals surface area contributed by atoms with E-state index < -0.39 is 10.9 Å². The summed E-state index contributed by atoms with van der Waals surface area (Å²) in [6.45, 7) is 4.33. The number of carboxylic acids is 1. The maximum absolute atomic E-state index is 10.7. The second-order valence-electron chi connectivity index (χ2n) is 3.78. The van der Waals surface area contributed by atoms with E-state index in [4.69, 9.17) is 5.11 Å². The van der Waals surface area contributed by atoms with E-state index >= 15 is 0 Å². The summed E-state index contributed by atoms with van der Waals surface area (Å²) in [5.41, 5.74) is 0.843. The molecule has 0 radical (unpaired) electrons. The highest BCUT2D eigenvalue weighted by atomic mass is 16.6. The summed E-state index contributed by atoms with van der Waals surface area (Å²) in [7, 11) is 0. The van der Waals surface area contributed by atoms with Crippen LogP contribution in [0.2, 0.25) is 0 Å². The number of aliphatic carboxylic acids is 1. The number of benzene rings is 1. The number of hydrogen-bond acceptors (Lipinski definition) is 4. The summed E-state index contributed by atoms with van der Waals surface area (Å²) >= 11 is 0. The van der Waals surface area contributed by atoms with Gasteiger partial charge in [0.1, 0.15) is 0 Å². The first kappa shape index (κ1) is 13.9. The summed E-state index contributed by atoms with van der Waals surface area (Å²) in [6.07, 6.45) is 1.62. The second kappa shape index (κ2) is 6.51. The molecule has 0 heterocycles. The molecular formula is C12H14N2O4.